The zero-order chi connectivity index (χ0) is 17.3. The van der Waals surface area contributed by atoms with E-state index in [0.717, 1.165) is 17.7 Å². The summed E-state index contributed by atoms with van der Waals surface area (Å²) in [6.45, 7) is 4.11. The monoisotopic (exact) mass is 349 g/mol. The van der Waals surface area contributed by atoms with Crippen LogP contribution in [0.3, 0.4) is 0 Å². The Morgan fingerprint density at radius 2 is 2.17 bits per heavy atom. The SMILES string of the molecule is C=CCN(C(=O)[C@@H]1C[C@@H]1c1ccccc1OC)[C@H]1CCS(=O)(=O)C1. The van der Waals surface area contributed by atoms with E-state index in [9.17, 15) is 13.2 Å². The third kappa shape index (κ3) is 3.34. The topological polar surface area (TPSA) is 63.7 Å². The van der Waals surface area contributed by atoms with Gasteiger partial charge in [-0.2, -0.15) is 0 Å². The minimum atomic E-state index is -3.02. The van der Waals surface area contributed by atoms with Crippen LogP contribution in [0.4, 0.5) is 0 Å². The number of rotatable bonds is 6. The van der Waals surface area contributed by atoms with Gasteiger partial charge in [-0.1, -0.05) is 24.3 Å². The predicted octanol–water partition coefficient (Wildman–Crippen LogP) is 2.00. The molecule has 24 heavy (non-hydrogen) atoms. The minimum absolute atomic E-state index is 0.0351. The Morgan fingerprint density at radius 3 is 2.79 bits per heavy atom. The van der Waals surface area contributed by atoms with Crippen molar-refractivity contribution in [2.45, 2.75) is 24.8 Å². The van der Waals surface area contributed by atoms with Crippen LogP contribution in [0.25, 0.3) is 0 Å². The van der Waals surface area contributed by atoms with E-state index in [1.165, 1.54) is 0 Å². The first-order valence-corrected chi connectivity index (χ1v) is 10.0. The maximum Gasteiger partial charge on any atom is 0.226 e. The number of hydrogen-bond donors (Lipinski definition) is 0. The molecule has 3 atom stereocenters. The van der Waals surface area contributed by atoms with Crippen molar-refractivity contribution < 1.29 is 17.9 Å². The molecule has 0 spiro atoms. The summed E-state index contributed by atoms with van der Waals surface area (Å²) in [5.41, 5.74) is 1.05. The highest BCUT2D eigenvalue weighted by Crippen LogP contribution is 2.51. The first-order chi connectivity index (χ1) is 11.5. The second-order valence-corrected chi connectivity index (χ2v) is 8.76. The average molecular weight is 349 g/mol. The van der Waals surface area contributed by atoms with Crippen molar-refractivity contribution in [3.8, 4) is 5.75 Å². The van der Waals surface area contributed by atoms with Gasteiger partial charge in [-0.05, 0) is 30.4 Å². The molecule has 2 aliphatic rings. The standard InChI is InChI=1S/C18H23NO4S/c1-3-9-19(13-8-10-24(21,22)12-13)18(20)16-11-15(16)14-6-4-5-7-17(14)23-2/h3-7,13,15-16H,1,8-12H2,2H3/t13-,15+,16+/m0/s1. The van der Waals surface area contributed by atoms with Crippen LogP contribution in [-0.2, 0) is 14.6 Å². The van der Waals surface area contributed by atoms with E-state index in [-0.39, 0.29) is 35.3 Å². The van der Waals surface area contributed by atoms with Gasteiger partial charge in [0.2, 0.25) is 5.91 Å². The second kappa shape index (κ2) is 6.59. The van der Waals surface area contributed by atoms with E-state index >= 15 is 0 Å². The fourth-order valence-electron chi connectivity index (χ4n) is 3.58. The third-order valence-electron chi connectivity index (χ3n) is 4.90. The molecule has 130 valence electrons. The molecule has 1 heterocycles. The predicted molar refractivity (Wildman–Crippen MR) is 92.8 cm³/mol. The van der Waals surface area contributed by atoms with Crippen LogP contribution in [-0.4, -0.2) is 50.4 Å². The number of methoxy groups -OCH3 is 1. The third-order valence-corrected chi connectivity index (χ3v) is 6.65. The fraction of sp³-hybridized carbons (Fsp3) is 0.500. The van der Waals surface area contributed by atoms with Gasteiger partial charge in [-0.15, -0.1) is 6.58 Å². The number of amides is 1. The lowest BCUT2D eigenvalue weighted by Gasteiger charge is -2.27. The molecule has 6 heteroatoms. The second-order valence-electron chi connectivity index (χ2n) is 6.53. The molecule has 0 unspecified atom stereocenters. The molecule has 2 fully saturated rings. The van der Waals surface area contributed by atoms with E-state index in [4.69, 9.17) is 4.74 Å². The average Bonchev–Trinajstić information content (AvgIpc) is 3.29. The van der Waals surface area contributed by atoms with Crippen LogP contribution in [0.2, 0.25) is 0 Å². The zero-order valence-corrected chi connectivity index (χ0v) is 14.7. The Morgan fingerprint density at radius 1 is 1.42 bits per heavy atom. The lowest BCUT2D eigenvalue weighted by Crippen LogP contribution is -2.42. The Hall–Kier alpha value is -1.82. The lowest BCUT2D eigenvalue weighted by molar-refractivity contribution is -0.133. The summed E-state index contributed by atoms with van der Waals surface area (Å²) < 4.78 is 28.9. The first kappa shape index (κ1) is 17.0. The van der Waals surface area contributed by atoms with Gasteiger partial charge in [-0.25, -0.2) is 8.42 Å². The molecule has 3 rings (SSSR count). The van der Waals surface area contributed by atoms with E-state index in [2.05, 4.69) is 6.58 Å². The molecule has 1 aliphatic heterocycles. The number of para-hydroxylation sites is 1. The van der Waals surface area contributed by atoms with Crippen LogP contribution in [0.5, 0.6) is 5.75 Å². The van der Waals surface area contributed by atoms with Crippen molar-refractivity contribution in [3.05, 3.63) is 42.5 Å². The Bertz CT molecular complexity index is 743. The number of nitrogens with zero attached hydrogens (tertiary/aromatic N) is 1. The Kier molecular flexibility index (Phi) is 4.67. The van der Waals surface area contributed by atoms with E-state index in [1.807, 2.05) is 24.3 Å². The summed E-state index contributed by atoms with van der Waals surface area (Å²) in [7, 11) is -1.39. The van der Waals surface area contributed by atoms with Gasteiger partial charge < -0.3 is 9.64 Å². The highest BCUT2D eigenvalue weighted by atomic mass is 32.2. The quantitative estimate of drug-likeness (QED) is 0.737. The van der Waals surface area contributed by atoms with Gasteiger partial charge in [0.05, 0.1) is 18.6 Å². The summed E-state index contributed by atoms with van der Waals surface area (Å²) in [6, 6.07) is 7.53. The van der Waals surface area contributed by atoms with Crippen molar-refractivity contribution >= 4 is 15.7 Å². The molecule has 0 aromatic heterocycles. The molecule has 1 aromatic carbocycles. The molecule has 5 nitrogen and oxygen atoms in total. The number of sulfone groups is 1. The van der Waals surface area contributed by atoms with E-state index in [1.54, 1.807) is 18.1 Å². The van der Waals surface area contributed by atoms with Crippen LogP contribution < -0.4 is 4.74 Å². The number of hydrogen-bond acceptors (Lipinski definition) is 4. The maximum absolute atomic E-state index is 12.9. The number of ether oxygens (including phenoxy) is 1. The van der Waals surface area contributed by atoms with E-state index < -0.39 is 9.84 Å². The van der Waals surface area contributed by atoms with Gasteiger partial charge in [-0.3, -0.25) is 4.79 Å². The molecule has 1 saturated carbocycles. The Labute approximate surface area is 143 Å². The van der Waals surface area contributed by atoms with Crippen LogP contribution >= 0.6 is 0 Å². The molecule has 1 saturated heterocycles. The molecular weight excluding hydrogens is 326 g/mol. The Balaban J connectivity index is 1.74. The van der Waals surface area contributed by atoms with Gasteiger partial charge in [0, 0.05) is 18.5 Å². The first-order valence-electron chi connectivity index (χ1n) is 8.21. The van der Waals surface area contributed by atoms with Crippen LogP contribution in [0, 0.1) is 5.92 Å². The highest BCUT2D eigenvalue weighted by Gasteiger charge is 2.48. The molecule has 0 radical (unpaired) electrons. The van der Waals surface area contributed by atoms with E-state index in [0.29, 0.717) is 13.0 Å². The summed E-state index contributed by atoms with van der Waals surface area (Å²) in [4.78, 5) is 14.6. The smallest absolute Gasteiger partial charge is 0.226 e. The molecule has 0 bridgehead atoms. The normalized spacial score (nSPS) is 27.5. The zero-order valence-electron chi connectivity index (χ0n) is 13.8. The van der Waals surface area contributed by atoms with Crippen molar-refractivity contribution in [2.24, 2.45) is 5.92 Å². The van der Waals surface area contributed by atoms with Crippen molar-refractivity contribution in [3.63, 3.8) is 0 Å². The lowest BCUT2D eigenvalue weighted by atomic mass is 10.1. The van der Waals surface area contributed by atoms with Gasteiger partial charge in [0.1, 0.15) is 5.75 Å². The van der Waals surface area contributed by atoms with Crippen molar-refractivity contribution in [1.29, 1.82) is 0 Å². The number of carbonyl (C=O) groups excluding carboxylic acids is 1. The van der Waals surface area contributed by atoms with Gasteiger partial charge >= 0.3 is 0 Å². The van der Waals surface area contributed by atoms with Crippen molar-refractivity contribution in [1.82, 2.24) is 4.90 Å². The molecular formula is C18H23NO4S. The fourth-order valence-corrected chi connectivity index (χ4v) is 5.31. The minimum Gasteiger partial charge on any atom is -0.496 e. The summed E-state index contributed by atoms with van der Waals surface area (Å²) in [5.74, 6) is 1.13. The summed E-state index contributed by atoms with van der Waals surface area (Å²) in [5, 5.41) is 0. The molecule has 1 aromatic rings. The summed E-state index contributed by atoms with van der Waals surface area (Å²) in [6.07, 6.45) is 2.98. The maximum atomic E-state index is 12.9. The molecule has 0 N–H and O–H groups in total. The number of benzene rings is 1. The number of carbonyl (C=O) groups is 1. The summed E-state index contributed by atoms with van der Waals surface area (Å²) >= 11 is 0. The highest BCUT2D eigenvalue weighted by molar-refractivity contribution is 7.91. The largest absolute Gasteiger partial charge is 0.496 e. The molecule has 1 amide bonds. The van der Waals surface area contributed by atoms with Crippen LogP contribution in [0.15, 0.2) is 36.9 Å². The van der Waals surface area contributed by atoms with Crippen molar-refractivity contribution in [2.75, 3.05) is 25.2 Å². The van der Waals surface area contributed by atoms with Gasteiger partial charge in [0.25, 0.3) is 0 Å². The van der Waals surface area contributed by atoms with Crippen LogP contribution in [0.1, 0.15) is 24.3 Å². The van der Waals surface area contributed by atoms with Gasteiger partial charge in [0.15, 0.2) is 9.84 Å². The molecule has 1 aliphatic carbocycles.